The number of carbonyl (C=O) groups is 1. The average molecular weight is 356 g/mol. The van der Waals surface area contributed by atoms with Crippen LogP contribution in [0.15, 0.2) is 24.3 Å². The van der Waals surface area contributed by atoms with Gasteiger partial charge in [0.2, 0.25) is 5.91 Å². The Kier molecular flexibility index (Phi) is 4.76. The summed E-state index contributed by atoms with van der Waals surface area (Å²) in [5.41, 5.74) is 3.66. The van der Waals surface area contributed by atoms with E-state index in [1.54, 1.807) is 12.1 Å². The maximum Gasteiger partial charge on any atom is 0.232 e. The molecule has 2 heterocycles. The molecule has 1 aromatic heterocycles. The minimum Gasteiger partial charge on any atom is -0.350 e. The quantitative estimate of drug-likeness (QED) is 0.788. The molecule has 6 heteroatoms. The third kappa shape index (κ3) is 3.14. The van der Waals surface area contributed by atoms with Gasteiger partial charge < -0.3 is 10.6 Å². The van der Waals surface area contributed by atoms with E-state index in [-0.39, 0.29) is 11.7 Å². The van der Waals surface area contributed by atoms with Gasteiger partial charge >= 0.3 is 0 Å². The van der Waals surface area contributed by atoms with E-state index in [2.05, 4.69) is 20.8 Å². The first-order valence-corrected chi connectivity index (χ1v) is 9.49. The second-order valence-corrected chi connectivity index (χ2v) is 7.39. The van der Waals surface area contributed by atoms with E-state index in [4.69, 9.17) is 0 Å². The lowest BCUT2D eigenvalue weighted by atomic mass is 9.74. The van der Waals surface area contributed by atoms with E-state index in [1.807, 2.05) is 0 Å². The van der Waals surface area contributed by atoms with Gasteiger partial charge in [0.15, 0.2) is 0 Å². The number of fused-ring (bicyclic) bond motifs is 1. The molecule has 0 radical (unpaired) electrons. The Balaban J connectivity index is 1.53. The fourth-order valence-electron chi connectivity index (χ4n) is 4.27. The summed E-state index contributed by atoms with van der Waals surface area (Å²) in [4.78, 5) is 13.2. The highest BCUT2D eigenvalue weighted by Gasteiger charge is 2.41. The van der Waals surface area contributed by atoms with Crippen molar-refractivity contribution in [2.24, 2.45) is 0 Å². The smallest absolute Gasteiger partial charge is 0.232 e. The molecule has 138 valence electrons. The number of nitrogens with one attached hydrogen (secondary N) is 3. The standard InChI is InChI=1S/C20H25FN4O/c21-15-8-6-14(7-9-15)20(10-3-11-22-13-20)19(26)23-12-18-16-4-1-2-5-17(16)24-25-18/h6-9,22H,1-5,10-13H2,(H,23,26)(H,24,25)/t20-/m0/s1. The number of carbonyl (C=O) groups excluding carboxylic acids is 1. The van der Waals surface area contributed by atoms with Crippen LogP contribution in [0, 0.1) is 5.82 Å². The first-order chi connectivity index (χ1) is 12.7. The molecular formula is C20H25FN4O. The number of hydrogen-bond donors (Lipinski definition) is 3. The fourth-order valence-corrected chi connectivity index (χ4v) is 4.27. The highest BCUT2D eigenvalue weighted by molar-refractivity contribution is 5.88. The average Bonchev–Trinajstić information content (AvgIpc) is 3.10. The molecule has 1 amide bonds. The molecular weight excluding hydrogens is 331 g/mol. The van der Waals surface area contributed by atoms with Gasteiger partial charge in [0.25, 0.3) is 0 Å². The van der Waals surface area contributed by atoms with Crippen molar-refractivity contribution in [1.82, 2.24) is 20.8 Å². The van der Waals surface area contributed by atoms with Crippen LogP contribution in [0.25, 0.3) is 0 Å². The van der Waals surface area contributed by atoms with Gasteiger partial charge in [-0.05, 0) is 68.3 Å². The summed E-state index contributed by atoms with van der Waals surface area (Å²) in [6, 6.07) is 6.34. The Bertz CT molecular complexity index is 778. The number of amides is 1. The van der Waals surface area contributed by atoms with Crippen LogP contribution in [0.4, 0.5) is 4.39 Å². The van der Waals surface area contributed by atoms with Crippen LogP contribution in [0.2, 0.25) is 0 Å². The number of aromatic amines is 1. The van der Waals surface area contributed by atoms with Crippen molar-refractivity contribution in [1.29, 1.82) is 0 Å². The molecule has 4 rings (SSSR count). The second-order valence-electron chi connectivity index (χ2n) is 7.39. The van der Waals surface area contributed by atoms with Crippen LogP contribution in [0.5, 0.6) is 0 Å². The number of benzene rings is 1. The van der Waals surface area contributed by atoms with Crippen LogP contribution < -0.4 is 10.6 Å². The van der Waals surface area contributed by atoms with Crippen molar-refractivity contribution in [3.63, 3.8) is 0 Å². The molecule has 1 atom stereocenters. The molecule has 1 aliphatic heterocycles. The van der Waals surface area contributed by atoms with Crippen LogP contribution in [-0.2, 0) is 29.6 Å². The summed E-state index contributed by atoms with van der Waals surface area (Å²) >= 11 is 0. The van der Waals surface area contributed by atoms with Gasteiger partial charge in [-0.2, -0.15) is 5.10 Å². The molecule has 2 aliphatic rings. The highest BCUT2D eigenvalue weighted by Crippen LogP contribution is 2.32. The molecule has 1 aromatic carbocycles. The Labute approximate surface area is 152 Å². The maximum absolute atomic E-state index is 13.3. The Morgan fingerprint density at radius 3 is 2.77 bits per heavy atom. The van der Waals surface area contributed by atoms with E-state index in [0.29, 0.717) is 13.1 Å². The fraction of sp³-hybridized carbons (Fsp3) is 0.500. The van der Waals surface area contributed by atoms with Crippen molar-refractivity contribution in [2.75, 3.05) is 13.1 Å². The van der Waals surface area contributed by atoms with Crippen molar-refractivity contribution in [2.45, 2.75) is 50.5 Å². The SMILES string of the molecule is O=C(NCc1n[nH]c2c1CCCC2)[C@@]1(c2ccc(F)cc2)CCCNC1. The molecule has 0 unspecified atom stereocenters. The van der Waals surface area contributed by atoms with E-state index in [0.717, 1.165) is 43.5 Å². The van der Waals surface area contributed by atoms with E-state index in [9.17, 15) is 9.18 Å². The van der Waals surface area contributed by atoms with Crippen LogP contribution in [0.3, 0.4) is 0 Å². The van der Waals surface area contributed by atoms with E-state index < -0.39 is 5.41 Å². The van der Waals surface area contributed by atoms with Crippen LogP contribution in [0.1, 0.15) is 48.2 Å². The normalized spacial score (nSPS) is 22.7. The molecule has 26 heavy (non-hydrogen) atoms. The molecule has 1 aliphatic carbocycles. The lowest BCUT2D eigenvalue weighted by Gasteiger charge is -2.36. The first kappa shape index (κ1) is 17.2. The van der Waals surface area contributed by atoms with Crippen molar-refractivity contribution in [3.8, 4) is 0 Å². The van der Waals surface area contributed by atoms with Gasteiger partial charge in [-0.15, -0.1) is 0 Å². The monoisotopic (exact) mass is 356 g/mol. The largest absolute Gasteiger partial charge is 0.350 e. The molecule has 1 fully saturated rings. The number of hydrogen-bond acceptors (Lipinski definition) is 3. The lowest BCUT2D eigenvalue weighted by molar-refractivity contribution is -0.127. The van der Waals surface area contributed by atoms with Gasteiger partial charge in [-0.3, -0.25) is 9.89 Å². The zero-order chi connectivity index (χ0) is 18.0. The summed E-state index contributed by atoms with van der Waals surface area (Å²) in [7, 11) is 0. The minimum absolute atomic E-state index is 0.0103. The number of aryl methyl sites for hydroxylation is 1. The summed E-state index contributed by atoms with van der Waals surface area (Å²) < 4.78 is 13.3. The van der Waals surface area contributed by atoms with E-state index in [1.165, 1.54) is 36.2 Å². The zero-order valence-electron chi connectivity index (χ0n) is 14.9. The molecule has 0 bridgehead atoms. The summed E-state index contributed by atoms with van der Waals surface area (Å²) in [5.74, 6) is -0.292. The summed E-state index contributed by atoms with van der Waals surface area (Å²) in [6.45, 7) is 1.92. The van der Waals surface area contributed by atoms with Gasteiger partial charge in [-0.1, -0.05) is 12.1 Å². The third-order valence-electron chi connectivity index (χ3n) is 5.77. The molecule has 0 spiro atoms. The number of piperidine rings is 1. The van der Waals surface area contributed by atoms with Gasteiger partial charge in [0.05, 0.1) is 17.7 Å². The molecule has 0 saturated carbocycles. The van der Waals surface area contributed by atoms with Gasteiger partial charge in [-0.25, -0.2) is 4.39 Å². The van der Waals surface area contributed by atoms with E-state index >= 15 is 0 Å². The molecule has 5 nitrogen and oxygen atoms in total. The van der Waals surface area contributed by atoms with Crippen molar-refractivity contribution >= 4 is 5.91 Å². The summed E-state index contributed by atoms with van der Waals surface area (Å²) in [5, 5.41) is 14.0. The van der Waals surface area contributed by atoms with Crippen LogP contribution >= 0.6 is 0 Å². The first-order valence-electron chi connectivity index (χ1n) is 9.49. The number of nitrogens with zero attached hydrogens (tertiary/aromatic N) is 1. The Morgan fingerprint density at radius 1 is 1.19 bits per heavy atom. The zero-order valence-corrected chi connectivity index (χ0v) is 14.9. The van der Waals surface area contributed by atoms with Gasteiger partial charge in [0, 0.05) is 12.2 Å². The molecule has 1 saturated heterocycles. The summed E-state index contributed by atoms with van der Waals surface area (Å²) in [6.07, 6.45) is 6.12. The topological polar surface area (TPSA) is 69.8 Å². The highest BCUT2D eigenvalue weighted by atomic mass is 19.1. The molecule has 3 N–H and O–H groups in total. The third-order valence-corrected chi connectivity index (χ3v) is 5.77. The number of halogens is 1. The predicted octanol–water partition coefficient (Wildman–Crippen LogP) is 2.37. The number of H-pyrrole nitrogens is 1. The maximum atomic E-state index is 13.3. The second kappa shape index (κ2) is 7.19. The minimum atomic E-state index is -0.650. The number of aromatic nitrogens is 2. The van der Waals surface area contributed by atoms with Crippen molar-refractivity contribution < 1.29 is 9.18 Å². The number of rotatable bonds is 4. The van der Waals surface area contributed by atoms with Crippen LogP contribution in [-0.4, -0.2) is 29.2 Å². The Hall–Kier alpha value is -2.21. The Morgan fingerprint density at radius 2 is 2.00 bits per heavy atom. The lowest BCUT2D eigenvalue weighted by Crippen LogP contribution is -2.53. The van der Waals surface area contributed by atoms with Gasteiger partial charge in [0.1, 0.15) is 5.82 Å². The predicted molar refractivity (Wildman–Crippen MR) is 97.3 cm³/mol. The molecule has 2 aromatic rings. The van der Waals surface area contributed by atoms with Crippen molar-refractivity contribution in [3.05, 3.63) is 52.6 Å².